The standard InChI is InChI=1S/C17H16BrNO3/c1-9(2)10-3-5-13(15(20)7-10)17(22)12-6-4-11(18)8-14(12)19-16(17)21/h3-9,20,22H,1-2H3,(H,19,21)/t17-/m1/s1. The highest BCUT2D eigenvalue weighted by atomic mass is 79.9. The van der Waals surface area contributed by atoms with Gasteiger partial charge in [-0.1, -0.05) is 48.0 Å². The Hall–Kier alpha value is -1.85. The number of hydrogen-bond acceptors (Lipinski definition) is 3. The van der Waals surface area contributed by atoms with Crippen LogP contribution < -0.4 is 5.32 Å². The fraction of sp³-hybridized carbons (Fsp3) is 0.235. The molecule has 0 aliphatic carbocycles. The quantitative estimate of drug-likeness (QED) is 0.766. The smallest absolute Gasteiger partial charge is 0.266 e. The predicted molar refractivity (Wildman–Crippen MR) is 88.0 cm³/mol. The highest BCUT2D eigenvalue weighted by Gasteiger charge is 2.48. The van der Waals surface area contributed by atoms with Crippen LogP contribution in [0.4, 0.5) is 5.69 Å². The van der Waals surface area contributed by atoms with Crippen molar-refractivity contribution in [3.05, 3.63) is 57.6 Å². The molecule has 0 aromatic heterocycles. The summed E-state index contributed by atoms with van der Waals surface area (Å²) in [4.78, 5) is 12.3. The van der Waals surface area contributed by atoms with Gasteiger partial charge in [-0.25, -0.2) is 0 Å². The first kappa shape index (κ1) is 15.1. The summed E-state index contributed by atoms with van der Waals surface area (Å²) in [5.74, 6) is -0.400. The number of halogens is 1. The zero-order chi connectivity index (χ0) is 16.1. The highest BCUT2D eigenvalue weighted by Crippen LogP contribution is 2.45. The molecule has 22 heavy (non-hydrogen) atoms. The third-order valence-electron chi connectivity index (χ3n) is 4.03. The van der Waals surface area contributed by atoms with E-state index in [-0.39, 0.29) is 17.2 Å². The molecule has 1 atom stereocenters. The van der Waals surface area contributed by atoms with Gasteiger partial charge in [-0.05, 0) is 29.7 Å². The lowest BCUT2D eigenvalue weighted by Crippen LogP contribution is -2.35. The monoisotopic (exact) mass is 361 g/mol. The number of benzene rings is 2. The van der Waals surface area contributed by atoms with Gasteiger partial charge in [-0.3, -0.25) is 4.79 Å². The molecule has 2 aromatic rings. The molecular weight excluding hydrogens is 346 g/mol. The number of carbonyl (C=O) groups excluding carboxylic acids is 1. The van der Waals surface area contributed by atoms with Gasteiger partial charge >= 0.3 is 0 Å². The van der Waals surface area contributed by atoms with E-state index < -0.39 is 11.5 Å². The molecule has 1 aliphatic rings. The Labute approximate surface area is 136 Å². The Morgan fingerprint density at radius 3 is 2.45 bits per heavy atom. The Morgan fingerprint density at radius 2 is 1.82 bits per heavy atom. The van der Waals surface area contributed by atoms with Crippen LogP contribution in [0.3, 0.4) is 0 Å². The largest absolute Gasteiger partial charge is 0.508 e. The number of carbonyl (C=O) groups is 1. The van der Waals surface area contributed by atoms with Crippen molar-refractivity contribution in [3.8, 4) is 5.75 Å². The minimum atomic E-state index is -1.88. The first-order valence-electron chi connectivity index (χ1n) is 7.01. The van der Waals surface area contributed by atoms with Crippen LogP contribution in [-0.2, 0) is 10.4 Å². The van der Waals surface area contributed by atoms with Crippen LogP contribution in [0.15, 0.2) is 40.9 Å². The van der Waals surface area contributed by atoms with E-state index in [2.05, 4.69) is 21.2 Å². The zero-order valence-corrected chi connectivity index (χ0v) is 13.8. The molecule has 2 aromatic carbocycles. The Kier molecular flexibility index (Phi) is 3.50. The van der Waals surface area contributed by atoms with Crippen LogP contribution in [0, 0.1) is 0 Å². The lowest BCUT2D eigenvalue weighted by molar-refractivity contribution is -0.129. The number of aliphatic hydroxyl groups is 1. The summed E-state index contributed by atoms with van der Waals surface area (Å²) in [5, 5.41) is 24.0. The van der Waals surface area contributed by atoms with Gasteiger partial charge < -0.3 is 15.5 Å². The van der Waals surface area contributed by atoms with E-state index in [4.69, 9.17) is 0 Å². The van der Waals surface area contributed by atoms with E-state index in [9.17, 15) is 15.0 Å². The SMILES string of the molecule is CC(C)c1ccc([C@@]2(O)C(=O)Nc3cc(Br)ccc32)c(O)c1. The molecule has 0 fully saturated rings. The maximum atomic E-state index is 12.3. The first-order valence-corrected chi connectivity index (χ1v) is 7.80. The minimum Gasteiger partial charge on any atom is -0.508 e. The van der Waals surface area contributed by atoms with E-state index in [1.807, 2.05) is 19.9 Å². The van der Waals surface area contributed by atoms with Gasteiger partial charge in [0, 0.05) is 21.3 Å². The highest BCUT2D eigenvalue weighted by molar-refractivity contribution is 9.10. The topological polar surface area (TPSA) is 69.6 Å². The van der Waals surface area contributed by atoms with Crippen molar-refractivity contribution in [2.24, 2.45) is 0 Å². The van der Waals surface area contributed by atoms with Gasteiger partial charge in [0.2, 0.25) is 0 Å². The second-order valence-corrected chi connectivity index (χ2v) is 6.70. The van der Waals surface area contributed by atoms with Crippen molar-refractivity contribution >= 4 is 27.5 Å². The number of amides is 1. The normalized spacial score (nSPS) is 20.1. The molecule has 0 bridgehead atoms. The fourth-order valence-electron chi connectivity index (χ4n) is 2.75. The summed E-state index contributed by atoms with van der Waals surface area (Å²) in [6.45, 7) is 4.02. The summed E-state index contributed by atoms with van der Waals surface area (Å²) in [5.41, 5.74) is 0.229. The second-order valence-electron chi connectivity index (χ2n) is 5.79. The van der Waals surface area contributed by atoms with Crippen LogP contribution in [0.1, 0.15) is 36.5 Å². The second kappa shape index (κ2) is 5.11. The zero-order valence-electron chi connectivity index (χ0n) is 12.2. The van der Waals surface area contributed by atoms with E-state index in [1.165, 1.54) is 0 Å². The Bertz CT molecular complexity index is 772. The van der Waals surface area contributed by atoms with E-state index in [0.717, 1.165) is 10.0 Å². The molecule has 1 aliphatic heterocycles. The maximum Gasteiger partial charge on any atom is 0.266 e. The molecular formula is C17H16BrNO3. The van der Waals surface area contributed by atoms with Crippen LogP contribution in [0.25, 0.3) is 0 Å². The molecule has 0 spiro atoms. The van der Waals surface area contributed by atoms with E-state index in [1.54, 1.807) is 30.3 Å². The molecule has 114 valence electrons. The molecule has 0 unspecified atom stereocenters. The number of rotatable bonds is 2. The number of anilines is 1. The van der Waals surface area contributed by atoms with Crippen LogP contribution >= 0.6 is 15.9 Å². The van der Waals surface area contributed by atoms with Crippen LogP contribution in [0.2, 0.25) is 0 Å². The maximum absolute atomic E-state index is 12.3. The lowest BCUT2D eigenvalue weighted by atomic mass is 9.85. The minimum absolute atomic E-state index is 0.0837. The molecule has 0 saturated carbocycles. The van der Waals surface area contributed by atoms with E-state index >= 15 is 0 Å². The summed E-state index contributed by atoms with van der Waals surface area (Å²) >= 11 is 3.34. The van der Waals surface area contributed by atoms with Crippen molar-refractivity contribution in [2.75, 3.05) is 5.32 Å². The third kappa shape index (κ3) is 2.12. The Balaban J connectivity index is 2.17. The number of phenols is 1. The van der Waals surface area contributed by atoms with Gasteiger partial charge in [-0.2, -0.15) is 0 Å². The Morgan fingerprint density at radius 1 is 1.14 bits per heavy atom. The lowest BCUT2D eigenvalue weighted by Gasteiger charge is -2.23. The van der Waals surface area contributed by atoms with E-state index in [0.29, 0.717) is 11.3 Å². The molecule has 1 heterocycles. The van der Waals surface area contributed by atoms with Crippen molar-refractivity contribution in [1.29, 1.82) is 0 Å². The van der Waals surface area contributed by atoms with Crippen molar-refractivity contribution in [3.63, 3.8) is 0 Å². The van der Waals surface area contributed by atoms with Gasteiger partial charge in [0.1, 0.15) is 5.75 Å². The summed E-state index contributed by atoms with van der Waals surface area (Å²) in [7, 11) is 0. The molecule has 1 amide bonds. The van der Waals surface area contributed by atoms with Gasteiger partial charge in [0.15, 0.2) is 5.60 Å². The number of hydrogen-bond donors (Lipinski definition) is 3. The van der Waals surface area contributed by atoms with Gasteiger partial charge in [-0.15, -0.1) is 0 Å². The summed E-state index contributed by atoms with van der Waals surface area (Å²) < 4.78 is 0.801. The third-order valence-corrected chi connectivity index (χ3v) is 4.52. The fourth-order valence-corrected chi connectivity index (χ4v) is 3.11. The average molecular weight is 362 g/mol. The number of phenolic OH excluding ortho intramolecular Hbond substituents is 1. The number of aromatic hydroxyl groups is 1. The van der Waals surface area contributed by atoms with Crippen LogP contribution in [-0.4, -0.2) is 16.1 Å². The van der Waals surface area contributed by atoms with Gasteiger partial charge in [0.05, 0.1) is 0 Å². The van der Waals surface area contributed by atoms with Crippen LogP contribution in [0.5, 0.6) is 5.75 Å². The van der Waals surface area contributed by atoms with Crippen molar-refractivity contribution in [1.82, 2.24) is 0 Å². The molecule has 4 nitrogen and oxygen atoms in total. The molecule has 5 heteroatoms. The van der Waals surface area contributed by atoms with Gasteiger partial charge in [0.25, 0.3) is 5.91 Å². The first-order chi connectivity index (χ1) is 10.3. The molecule has 0 saturated heterocycles. The molecule has 0 radical (unpaired) electrons. The molecule has 3 N–H and O–H groups in total. The number of nitrogens with one attached hydrogen (secondary N) is 1. The van der Waals surface area contributed by atoms with Crippen molar-refractivity contribution < 1.29 is 15.0 Å². The summed E-state index contributed by atoms with van der Waals surface area (Å²) in [6.07, 6.45) is 0. The number of fused-ring (bicyclic) bond motifs is 1. The molecule has 3 rings (SSSR count). The predicted octanol–water partition coefficient (Wildman–Crippen LogP) is 3.47. The van der Waals surface area contributed by atoms with Crippen molar-refractivity contribution in [2.45, 2.75) is 25.4 Å². The average Bonchev–Trinajstić information content (AvgIpc) is 2.70. The summed E-state index contributed by atoms with van der Waals surface area (Å²) in [6, 6.07) is 10.2.